The zero-order valence-electron chi connectivity index (χ0n) is 9.64. The van der Waals surface area contributed by atoms with Gasteiger partial charge in [-0.2, -0.15) is 11.8 Å². The van der Waals surface area contributed by atoms with Gasteiger partial charge in [0, 0.05) is 25.0 Å². The lowest BCUT2D eigenvalue weighted by Gasteiger charge is -2.23. The zero-order chi connectivity index (χ0) is 10.5. The molecule has 0 saturated carbocycles. The fourth-order valence-electron chi connectivity index (χ4n) is 0.660. The average Bonchev–Trinajstić information content (AvgIpc) is 2.04. The van der Waals surface area contributed by atoms with Crippen molar-refractivity contribution in [2.24, 2.45) is 0 Å². The Balaban J connectivity index is 3.68. The maximum atomic E-state index is 5.48. The smallest absolute Gasteiger partial charge is 0.195 e. The predicted octanol–water partition coefficient (Wildman–Crippen LogP) is 2.50. The molecular formula is C8H22O2SSi2. The van der Waals surface area contributed by atoms with E-state index in [0.29, 0.717) is 0 Å². The summed E-state index contributed by atoms with van der Waals surface area (Å²) < 4.78 is 11.0. The number of hydrogen-bond donors (Lipinski definition) is 0. The van der Waals surface area contributed by atoms with E-state index in [1.165, 1.54) is 10.8 Å². The number of thioether (sulfide) groups is 1. The van der Waals surface area contributed by atoms with E-state index >= 15 is 0 Å². The molecule has 0 amide bonds. The maximum Gasteiger partial charge on any atom is 0.195 e. The van der Waals surface area contributed by atoms with Gasteiger partial charge in [-0.05, 0) is 26.2 Å². The van der Waals surface area contributed by atoms with Gasteiger partial charge in [-0.3, -0.25) is 0 Å². The van der Waals surface area contributed by atoms with Crippen LogP contribution in [0.1, 0.15) is 0 Å². The summed E-state index contributed by atoms with van der Waals surface area (Å²) >= 11 is 1.99. The average molecular weight is 239 g/mol. The molecule has 2 nitrogen and oxygen atoms in total. The second-order valence-corrected chi connectivity index (χ2v) is 15.0. The highest BCUT2D eigenvalue weighted by atomic mass is 32.2. The summed E-state index contributed by atoms with van der Waals surface area (Å²) in [5.74, 6) is 0. The van der Waals surface area contributed by atoms with E-state index in [1.807, 2.05) is 26.0 Å². The first-order valence-electron chi connectivity index (χ1n) is 4.51. The third kappa shape index (κ3) is 6.73. The lowest BCUT2D eigenvalue weighted by Crippen LogP contribution is -2.37. The third-order valence-electron chi connectivity index (χ3n) is 2.00. The van der Waals surface area contributed by atoms with E-state index in [4.69, 9.17) is 8.85 Å². The Hall–Kier alpha value is 0.704. The fourth-order valence-corrected chi connectivity index (χ4v) is 6.86. The van der Waals surface area contributed by atoms with Gasteiger partial charge in [0.1, 0.15) is 0 Å². The van der Waals surface area contributed by atoms with Gasteiger partial charge in [0.25, 0.3) is 0 Å². The zero-order valence-corrected chi connectivity index (χ0v) is 12.5. The van der Waals surface area contributed by atoms with Crippen molar-refractivity contribution in [1.82, 2.24) is 0 Å². The Morgan fingerprint density at radius 3 is 1.38 bits per heavy atom. The molecule has 0 unspecified atom stereocenters. The normalized spacial score (nSPS) is 13.4. The van der Waals surface area contributed by atoms with E-state index < -0.39 is 16.6 Å². The summed E-state index contributed by atoms with van der Waals surface area (Å²) in [4.78, 5) is 0. The van der Waals surface area contributed by atoms with Crippen molar-refractivity contribution in [3.63, 3.8) is 0 Å². The first-order valence-corrected chi connectivity index (χ1v) is 11.9. The summed E-state index contributed by atoms with van der Waals surface area (Å²) in [5, 5.41) is 2.34. The molecule has 13 heavy (non-hydrogen) atoms. The predicted molar refractivity (Wildman–Crippen MR) is 66.3 cm³/mol. The Kier molecular flexibility index (Phi) is 5.85. The van der Waals surface area contributed by atoms with Gasteiger partial charge in [0.05, 0.1) is 0 Å². The lowest BCUT2D eigenvalue weighted by atomic mass is 11.8. The van der Waals surface area contributed by atoms with E-state index in [1.54, 1.807) is 0 Å². The lowest BCUT2D eigenvalue weighted by molar-refractivity contribution is 0.409. The second-order valence-electron chi connectivity index (χ2n) is 4.42. The van der Waals surface area contributed by atoms with Crippen molar-refractivity contribution >= 4 is 28.4 Å². The van der Waals surface area contributed by atoms with Crippen molar-refractivity contribution in [1.29, 1.82) is 0 Å². The molecule has 0 heterocycles. The van der Waals surface area contributed by atoms with Crippen LogP contribution >= 0.6 is 11.8 Å². The van der Waals surface area contributed by atoms with Crippen LogP contribution in [0.5, 0.6) is 0 Å². The Bertz CT molecular complexity index is 135. The molecule has 0 N–H and O–H groups in total. The molecule has 5 heteroatoms. The van der Waals surface area contributed by atoms with Crippen LogP contribution in [0.25, 0.3) is 0 Å². The van der Waals surface area contributed by atoms with Crippen LogP contribution in [0.15, 0.2) is 0 Å². The first-order chi connectivity index (χ1) is 5.83. The minimum absolute atomic E-state index is 1.17. The van der Waals surface area contributed by atoms with Gasteiger partial charge in [-0.25, -0.2) is 0 Å². The minimum Gasteiger partial charge on any atom is -0.420 e. The largest absolute Gasteiger partial charge is 0.420 e. The molecule has 0 fully saturated rings. The fraction of sp³-hybridized carbons (Fsp3) is 1.00. The van der Waals surface area contributed by atoms with E-state index in [2.05, 4.69) is 26.2 Å². The molecule has 0 aliphatic carbocycles. The van der Waals surface area contributed by atoms with Crippen molar-refractivity contribution < 1.29 is 8.85 Å². The van der Waals surface area contributed by atoms with Gasteiger partial charge in [0.15, 0.2) is 16.6 Å². The highest BCUT2D eigenvalue weighted by Gasteiger charge is 2.25. The molecule has 0 saturated heterocycles. The molecular weight excluding hydrogens is 216 g/mol. The molecule has 0 radical (unpaired) electrons. The molecule has 0 aromatic carbocycles. The standard InChI is InChI=1S/C8H22O2SSi2/c1-9-12(3,4)7-11-8-13(5,6)10-2/h7-8H2,1-6H3. The van der Waals surface area contributed by atoms with Crippen LogP contribution in [-0.4, -0.2) is 41.6 Å². The van der Waals surface area contributed by atoms with Crippen molar-refractivity contribution in [3.8, 4) is 0 Å². The minimum atomic E-state index is -1.36. The summed E-state index contributed by atoms with van der Waals surface area (Å²) in [6.07, 6.45) is 0. The molecule has 0 rings (SSSR count). The first kappa shape index (κ1) is 13.7. The monoisotopic (exact) mass is 238 g/mol. The second kappa shape index (κ2) is 5.55. The Morgan fingerprint density at radius 1 is 0.846 bits per heavy atom. The van der Waals surface area contributed by atoms with Gasteiger partial charge in [-0.1, -0.05) is 0 Å². The van der Waals surface area contributed by atoms with E-state index in [9.17, 15) is 0 Å². The Morgan fingerprint density at radius 2 is 1.15 bits per heavy atom. The molecule has 80 valence electrons. The van der Waals surface area contributed by atoms with Crippen LogP contribution < -0.4 is 0 Å². The summed E-state index contributed by atoms with van der Waals surface area (Å²) in [5.41, 5.74) is 0. The quantitative estimate of drug-likeness (QED) is 0.663. The van der Waals surface area contributed by atoms with Gasteiger partial charge in [0.2, 0.25) is 0 Å². The molecule has 0 bridgehead atoms. The summed E-state index contributed by atoms with van der Waals surface area (Å²) in [6, 6.07) is 0. The summed E-state index contributed by atoms with van der Waals surface area (Å²) in [7, 11) is 0.930. The molecule has 0 aromatic rings. The molecule has 0 aromatic heterocycles. The van der Waals surface area contributed by atoms with Crippen LogP contribution in [0.2, 0.25) is 26.2 Å². The highest BCUT2D eigenvalue weighted by molar-refractivity contribution is 8.02. The molecule has 0 atom stereocenters. The molecule has 0 aliphatic rings. The van der Waals surface area contributed by atoms with Crippen LogP contribution in [0.3, 0.4) is 0 Å². The van der Waals surface area contributed by atoms with E-state index in [-0.39, 0.29) is 0 Å². The van der Waals surface area contributed by atoms with Crippen molar-refractivity contribution in [2.75, 3.05) is 25.0 Å². The van der Waals surface area contributed by atoms with Crippen molar-refractivity contribution in [3.05, 3.63) is 0 Å². The Labute approximate surface area is 88.7 Å². The third-order valence-corrected chi connectivity index (χ3v) is 11.4. The SMILES string of the molecule is CO[Si](C)(C)CSC[Si](C)(C)OC. The molecule has 0 spiro atoms. The van der Waals surface area contributed by atoms with Gasteiger partial charge in [-0.15, -0.1) is 0 Å². The van der Waals surface area contributed by atoms with Crippen molar-refractivity contribution in [2.45, 2.75) is 26.2 Å². The number of rotatable bonds is 6. The highest BCUT2D eigenvalue weighted by Crippen LogP contribution is 2.17. The number of hydrogen-bond acceptors (Lipinski definition) is 3. The van der Waals surface area contributed by atoms with Crippen LogP contribution in [0, 0.1) is 0 Å². The van der Waals surface area contributed by atoms with Crippen LogP contribution in [0.4, 0.5) is 0 Å². The van der Waals surface area contributed by atoms with Crippen LogP contribution in [-0.2, 0) is 8.85 Å². The maximum absolute atomic E-state index is 5.48. The topological polar surface area (TPSA) is 18.5 Å². The van der Waals surface area contributed by atoms with Gasteiger partial charge < -0.3 is 8.85 Å². The summed E-state index contributed by atoms with van der Waals surface area (Å²) in [6.45, 7) is 9.01. The molecule has 0 aliphatic heterocycles. The van der Waals surface area contributed by atoms with E-state index in [0.717, 1.165) is 0 Å². The van der Waals surface area contributed by atoms with Gasteiger partial charge >= 0.3 is 0 Å².